The fourth-order valence-electron chi connectivity index (χ4n) is 6.65. The average molecular weight is 683 g/mol. The van der Waals surface area contributed by atoms with Crippen molar-refractivity contribution < 1.29 is 0 Å². The lowest BCUT2D eigenvalue weighted by Crippen LogP contribution is -2.01. The molecule has 0 N–H and O–H groups in total. The van der Waals surface area contributed by atoms with E-state index in [9.17, 15) is 0 Å². The van der Waals surface area contributed by atoms with Gasteiger partial charge in [-0.1, -0.05) is 171 Å². The molecular formula is C48H50N4. The van der Waals surface area contributed by atoms with Gasteiger partial charge >= 0.3 is 0 Å². The largest absolute Gasteiger partial charge is 0.309 e. The number of aromatic nitrogens is 4. The minimum atomic E-state index is 0.655. The molecule has 6 aromatic carbocycles. The minimum absolute atomic E-state index is 0.655. The van der Waals surface area contributed by atoms with E-state index in [0.717, 1.165) is 28.8 Å². The molecule has 262 valence electrons. The molecule has 0 saturated carbocycles. The molecule has 0 spiro atoms. The van der Waals surface area contributed by atoms with Gasteiger partial charge in [0.05, 0.1) is 11.0 Å². The predicted molar refractivity (Wildman–Crippen MR) is 224 cm³/mol. The molecule has 1 aliphatic rings. The van der Waals surface area contributed by atoms with Crippen molar-refractivity contribution in [2.75, 3.05) is 0 Å². The van der Waals surface area contributed by atoms with Crippen LogP contribution in [0.25, 0.3) is 72.8 Å². The maximum atomic E-state index is 4.93. The van der Waals surface area contributed by atoms with Crippen LogP contribution in [0.4, 0.5) is 0 Å². The first kappa shape index (κ1) is 37.4. The van der Waals surface area contributed by atoms with Gasteiger partial charge in [-0.25, -0.2) is 15.0 Å². The average Bonchev–Trinajstić information content (AvgIpc) is 3.80. The Kier molecular flexibility index (Phi) is 12.8. The summed E-state index contributed by atoms with van der Waals surface area (Å²) in [6.45, 7) is 16.0. The molecule has 0 atom stereocenters. The predicted octanol–water partition coefficient (Wildman–Crippen LogP) is 13.6. The highest BCUT2D eigenvalue weighted by atomic mass is 15.0. The number of hydrogen-bond donors (Lipinski definition) is 0. The molecule has 1 aliphatic carbocycles. The molecule has 2 heterocycles. The first-order valence-electron chi connectivity index (χ1n) is 18.9. The van der Waals surface area contributed by atoms with Crippen LogP contribution in [0.2, 0.25) is 0 Å². The zero-order chi connectivity index (χ0) is 37.0. The first-order chi connectivity index (χ1) is 25.8. The van der Waals surface area contributed by atoms with Crippen molar-refractivity contribution in [1.82, 2.24) is 19.5 Å². The summed E-state index contributed by atoms with van der Waals surface area (Å²) in [6.07, 6.45) is 0.937. The highest BCUT2D eigenvalue weighted by Crippen LogP contribution is 2.44. The van der Waals surface area contributed by atoms with Crippen LogP contribution >= 0.6 is 0 Å². The van der Waals surface area contributed by atoms with Gasteiger partial charge in [0.25, 0.3) is 0 Å². The Morgan fingerprint density at radius 1 is 0.404 bits per heavy atom. The van der Waals surface area contributed by atoms with Crippen molar-refractivity contribution in [1.29, 1.82) is 0 Å². The van der Waals surface area contributed by atoms with Gasteiger partial charge in [0.2, 0.25) is 0 Å². The third-order valence-electron chi connectivity index (χ3n) is 8.70. The fourth-order valence-corrected chi connectivity index (χ4v) is 6.65. The van der Waals surface area contributed by atoms with Gasteiger partial charge in [0, 0.05) is 39.6 Å². The zero-order valence-electron chi connectivity index (χ0n) is 31.9. The van der Waals surface area contributed by atoms with E-state index in [0.29, 0.717) is 17.5 Å². The van der Waals surface area contributed by atoms with Crippen LogP contribution in [0.3, 0.4) is 0 Å². The standard InChI is InChI=1S/C40H26N4.4C2H6/c1-3-11-26(12-4-1)38-41-39(27-13-5-2-6-14-27)43-40(42-38)28-19-21-30(22-20-28)44-36-18-10-9-17-33(36)34-24-23-32-31-16-8-7-15-29(31)25-35(32)37(34)44;4*1-2/h1-24H,25H2;4*1-2H3. The Balaban J connectivity index is 0.000000614. The Hall–Kier alpha value is -5.87. The van der Waals surface area contributed by atoms with Crippen molar-refractivity contribution in [2.45, 2.75) is 61.8 Å². The number of nitrogens with zero attached hydrogens (tertiary/aromatic N) is 4. The van der Waals surface area contributed by atoms with Crippen LogP contribution in [0.1, 0.15) is 66.5 Å². The molecule has 0 bridgehead atoms. The summed E-state index contributed by atoms with van der Waals surface area (Å²) in [5, 5.41) is 2.55. The topological polar surface area (TPSA) is 43.6 Å². The molecule has 2 aromatic heterocycles. The quantitative estimate of drug-likeness (QED) is 0.186. The van der Waals surface area contributed by atoms with Crippen LogP contribution in [-0.4, -0.2) is 19.5 Å². The minimum Gasteiger partial charge on any atom is -0.309 e. The lowest BCUT2D eigenvalue weighted by atomic mass is 10.0. The van der Waals surface area contributed by atoms with Gasteiger partial charge in [0.15, 0.2) is 17.5 Å². The lowest BCUT2D eigenvalue weighted by Gasteiger charge is -2.12. The SMILES string of the molecule is CC.CC.CC.CC.c1ccc(-c2nc(-c3ccccc3)nc(-c3ccc(-n4c5ccccc5c5ccc6c(c54)Cc4ccccc4-6)cc3)n2)cc1. The monoisotopic (exact) mass is 682 g/mol. The van der Waals surface area contributed by atoms with E-state index in [2.05, 4.69) is 89.5 Å². The fraction of sp³-hybridized carbons (Fsp3) is 0.188. The summed E-state index contributed by atoms with van der Waals surface area (Å²) >= 11 is 0. The summed E-state index contributed by atoms with van der Waals surface area (Å²) in [7, 11) is 0. The molecule has 0 radical (unpaired) electrons. The Bertz CT molecular complexity index is 2280. The van der Waals surface area contributed by atoms with Gasteiger partial charge in [-0.2, -0.15) is 0 Å². The molecule has 0 amide bonds. The van der Waals surface area contributed by atoms with Crippen LogP contribution in [0, 0.1) is 0 Å². The smallest absolute Gasteiger partial charge is 0.164 e. The van der Waals surface area contributed by atoms with Crippen LogP contribution in [0.5, 0.6) is 0 Å². The van der Waals surface area contributed by atoms with E-state index in [4.69, 9.17) is 15.0 Å². The summed E-state index contributed by atoms with van der Waals surface area (Å²) in [6, 6.07) is 51.0. The summed E-state index contributed by atoms with van der Waals surface area (Å²) < 4.78 is 2.43. The molecule has 9 rings (SSSR count). The van der Waals surface area contributed by atoms with Gasteiger partial charge in [0.1, 0.15) is 0 Å². The number of fused-ring (bicyclic) bond motifs is 7. The molecule has 0 saturated heterocycles. The number of hydrogen-bond acceptors (Lipinski definition) is 3. The van der Waals surface area contributed by atoms with Crippen molar-refractivity contribution in [3.63, 3.8) is 0 Å². The maximum Gasteiger partial charge on any atom is 0.164 e. The summed E-state index contributed by atoms with van der Waals surface area (Å²) in [5.41, 5.74) is 11.9. The van der Waals surface area contributed by atoms with Crippen molar-refractivity contribution in [3.8, 4) is 51.0 Å². The van der Waals surface area contributed by atoms with Gasteiger partial charge in [-0.05, 0) is 52.6 Å². The van der Waals surface area contributed by atoms with Crippen molar-refractivity contribution >= 4 is 21.8 Å². The van der Waals surface area contributed by atoms with Crippen LogP contribution in [0.15, 0.2) is 146 Å². The van der Waals surface area contributed by atoms with E-state index in [1.165, 1.54) is 44.1 Å². The van der Waals surface area contributed by atoms with Gasteiger partial charge in [-0.15, -0.1) is 0 Å². The van der Waals surface area contributed by atoms with E-state index in [1.54, 1.807) is 0 Å². The van der Waals surface area contributed by atoms with E-state index >= 15 is 0 Å². The van der Waals surface area contributed by atoms with Gasteiger partial charge in [-0.3, -0.25) is 0 Å². The Labute approximate surface area is 309 Å². The summed E-state index contributed by atoms with van der Waals surface area (Å²) in [5.74, 6) is 1.98. The van der Waals surface area contributed by atoms with Crippen molar-refractivity contribution in [2.24, 2.45) is 0 Å². The summed E-state index contributed by atoms with van der Waals surface area (Å²) in [4.78, 5) is 14.7. The molecule has 4 heteroatoms. The molecular weight excluding hydrogens is 633 g/mol. The second kappa shape index (κ2) is 17.9. The molecule has 0 fully saturated rings. The zero-order valence-corrected chi connectivity index (χ0v) is 31.9. The Morgan fingerprint density at radius 2 is 0.885 bits per heavy atom. The molecule has 4 nitrogen and oxygen atoms in total. The number of benzene rings is 6. The van der Waals surface area contributed by atoms with Crippen LogP contribution < -0.4 is 0 Å². The third-order valence-corrected chi connectivity index (χ3v) is 8.70. The third kappa shape index (κ3) is 7.15. The van der Waals surface area contributed by atoms with Gasteiger partial charge < -0.3 is 4.57 Å². The normalized spacial score (nSPS) is 10.6. The van der Waals surface area contributed by atoms with Crippen molar-refractivity contribution in [3.05, 3.63) is 157 Å². The molecule has 8 aromatic rings. The van der Waals surface area contributed by atoms with E-state index in [1.807, 2.05) is 116 Å². The van der Waals surface area contributed by atoms with Crippen LogP contribution in [-0.2, 0) is 6.42 Å². The second-order valence-corrected chi connectivity index (χ2v) is 11.3. The maximum absolute atomic E-state index is 4.93. The molecule has 0 unspecified atom stereocenters. The number of para-hydroxylation sites is 1. The highest BCUT2D eigenvalue weighted by Gasteiger charge is 2.24. The molecule has 52 heavy (non-hydrogen) atoms. The van der Waals surface area contributed by atoms with E-state index < -0.39 is 0 Å². The first-order valence-corrected chi connectivity index (χ1v) is 18.9. The van der Waals surface area contributed by atoms with E-state index in [-0.39, 0.29) is 0 Å². The highest BCUT2D eigenvalue weighted by molar-refractivity contribution is 6.12. The number of rotatable bonds is 4. The molecule has 0 aliphatic heterocycles. The second-order valence-electron chi connectivity index (χ2n) is 11.3. The lowest BCUT2D eigenvalue weighted by molar-refractivity contribution is 1.07. The Morgan fingerprint density at radius 3 is 1.46 bits per heavy atom.